The van der Waals surface area contributed by atoms with E-state index in [2.05, 4.69) is 130 Å². The summed E-state index contributed by atoms with van der Waals surface area (Å²) in [5, 5.41) is 0. The molecule has 0 unspecified atom stereocenters. The van der Waals surface area contributed by atoms with Crippen molar-refractivity contribution in [2.45, 2.75) is 90.9 Å². The topological polar surface area (TPSA) is 30.9 Å². The molecule has 0 spiro atoms. The summed E-state index contributed by atoms with van der Waals surface area (Å²) in [5.74, 6) is 2.64. The molecule has 0 saturated heterocycles. The number of hydrogen-bond acceptors (Lipinski definition) is 2. The number of aromatic nitrogens is 3. The van der Waals surface area contributed by atoms with Gasteiger partial charge in [0.2, 0.25) is 0 Å². The van der Waals surface area contributed by atoms with E-state index in [9.17, 15) is 0 Å². The molecule has 0 fully saturated rings. The predicted octanol–water partition coefficient (Wildman–Crippen LogP) is 10.8. The Balaban J connectivity index is 0.000000270. The maximum Gasteiger partial charge on any atom is 3.00 e. The van der Waals surface area contributed by atoms with E-state index in [1.165, 1.54) is 34.4 Å². The summed E-state index contributed by atoms with van der Waals surface area (Å²) in [4.78, 5) is 4.22. The Kier molecular flexibility index (Phi) is 9.48. The van der Waals surface area contributed by atoms with E-state index in [1.807, 2.05) is 42.5 Å². The molecule has 5 heteroatoms. The average molecular weight is 824 g/mol. The third kappa shape index (κ3) is 6.17. The van der Waals surface area contributed by atoms with Crippen LogP contribution in [0.25, 0.3) is 33.7 Å². The van der Waals surface area contributed by atoms with Crippen LogP contribution in [0.15, 0.2) is 91.1 Å². The van der Waals surface area contributed by atoms with Crippen molar-refractivity contribution >= 4 is 11.0 Å². The van der Waals surface area contributed by atoms with E-state index in [1.54, 1.807) is 6.20 Å². The molecule has 3 heterocycles. The largest absolute Gasteiger partial charge is 3.00 e. The van der Waals surface area contributed by atoms with Crippen LogP contribution in [-0.4, -0.2) is 9.55 Å². The molecule has 0 amide bonds. The van der Waals surface area contributed by atoms with Crippen molar-refractivity contribution in [3.8, 4) is 34.1 Å². The Morgan fingerprint density at radius 2 is 1.49 bits per heavy atom. The van der Waals surface area contributed by atoms with Gasteiger partial charge in [0.05, 0.1) is 11.2 Å². The predicted molar refractivity (Wildman–Crippen MR) is 195 cm³/mol. The fraction of sp³-hybridized carbons (Fsp3) is 0.318. The van der Waals surface area contributed by atoms with Gasteiger partial charge < -0.3 is 14.3 Å². The molecule has 2 aliphatic rings. The van der Waals surface area contributed by atoms with Crippen LogP contribution in [0.4, 0.5) is 0 Å². The number of benzene rings is 4. The molecule has 49 heavy (non-hydrogen) atoms. The maximum atomic E-state index is 6.80. The fourth-order valence-corrected chi connectivity index (χ4v) is 7.36. The Hall–Kier alpha value is -4.05. The number of hydrogen-bond donors (Lipinski definition) is 0. The molecule has 0 radical (unpaired) electrons. The zero-order chi connectivity index (χ0) is 33.8. The number of ether oxygens (including phenoxy) is 1. The van der Waals surface area contributed by atoms with Crippen molar-refractivity contribution in [1.29, 1.82) is 0 Å². The number of para-hydroxylation sites is 2. The van der Waals surface area contributed by atoms with Gasteiger partial charge in [-0.3, -0.25) is 4.57 Å². The quantitative estimate of drug-likeness (QED) is 0.131. The third-order valence-electron chi connectivity index (χ3n) is 10.1. The van der Waals surface area contributed by atoms with Crippen LogP contribution < -0.4 is 9.30 Å². The van der Waals surface area contributed by atoms with Crippen LogP contribution in [-0.2, 0) is 30.9 Å². The number of nitrogens with zero attached hydrogens (tertiary/aromatic N) is 3. The van der Waals surface area contributed by atoms with Gasteiger partial charge in [-0.25, -0.2) is 0 Å². The minimum Gasteiger partial charge on any atom is -0.523 e. The molecule has 0 N–H and O–H groups in total. The van der Waals surface area contributed by atoms with E-state index in [-0.39, 0.29) is 30.9 Å². The first kappa shape index (κ1) is 34.8. The number of imidazole rings is 1. The molecule has 2 aromatic heterocycles. The van der Waals surface area contributed by atoms with Gasteiger partial charge in [0.15, 0.2) is 0 Å². The van der Waals surface area contributed by atoms with E-state index < -0.39 is 0 Å². The molecule has 1 aliphatic carbocycles. The van der Waals surface area contributed by atoms with Crippen LogP contribution in [0, 0.1) is 18.5 Å². The van der Waals surface area contributed by atoms with Gasteiger partial charge in [0.25, 0.3) is 6.33 Å². The number of fused-ring (bicyclic) bond motifs is 4. The summed E-state index contributed by atoms with van der Waals surface area (Å²) >= 11 is 0. The summed E-state index contributed by atoms with van der Waals surface area (Å²) in [5.41, 5.74) is 11.9. The second-order valence-corrected chi connectivity index (χ2v) is 15.1. The zero-order valence-corrected chi connectivity index (χ0v) is 32.2. The zero-order valence-electron chi connectivity index (χ0n) is 29.8. The van der Waals surface area contributed by atoms with Gasteiger partial charge in [0.1, 0.15) is 11.3 Å². The standard InChI is InChI=1S/C33H37N2O.C11H8N.Ir/c1-20(2)22-11-9-12-23(21(3)4)29(22)34-19-35-26-16-15-24-28(33(7,8)18-17-32(24,5)6)31(26)36-27-14-10-13-25(34)30(27)35;1-2-6-10(7-3-1)11-8-4-5-9-12-11;/h9-15,20-21H,17-18H2,1-8H3;1-6,8-9H;/q2*-1;+3. The van der Waals surface area contributed by atoms with E-state index in [0.717, 1.165) is 45.9 Å². The van der Waals surface area contributed by atoms with Crippen molar-refractivity contribution < 1.29 is 29.4 Å². The Morgan fingerprint density at radius 1 is 0.796 bits per heavy atom. The van der Waals surface area contributed by atoms with Gasteiger partial charge in [-0.2, -0.15) is 12.1 Å². The first-order valence-electron chi connectivity index (χ1n) is 17.3. The summed E-state index contributed by atoms with van der Waals surface area (Å²) in [6.45, 7) is 18.5. The molecule has 1 aliphatic heterocycles. The normalized spacial score (nSPS) is 15.1. The van der Waals surface area contributed by atoms with Crippen molar-refractivity contribution in [2.24, 2.45) is 0 Å². The van der Waals surface area contributed by atoms with Gasteiger partial charge >= 0.3 is 20.1 Å². The molecule has 8 rings (SSSR count). The minimum atomic E-state index is 0. The van der Waals surface area contributed by atoms with Crippen LogP contribution in [0.5, 0.6) is 11.5 Å². The van der Waals surface area contributed by atoms with Crippen molar-refractivity contribution in [1.82, 2.24) is 9.55 Å². The molecule has 4 nitrogen and oxygen atoms in total. The van der Waals surface area contributed by atoms with E-state index in [4.69, 9.17) is 4.74 Å². The second-order valence-electron chi connectivity index (χ2n) is 15.1. The molecular formula is C44H45IrN3O+. The Morgan fingerprint density at radius 3 is 2.14 bits per heavy atom. The van der Waals surface area contributed by atoms with Crippen molar-refractivity contribution in [2.75, 3.05) is 0 Å². The van der Waals surface area contributed by atoms with Gasteiger partial charge in [-0.15, -0.1) is 47.0 Å². The molecule has 0 atom stereocenters. The third-order valence-corrected chi connectivity index (χ3v) is 10.1. The van der Waals surface area contributed by atoms with Gasteiger partial charge in [-0.05, 0) is 58.3 Å². The maximum absolute atomic E-state index is 6.80. The van der Waals surface area contributed by atoms with Crippen LogP contribution in [0.3, 0.4) is 0 Å². The molecule has 6 aromatic rings. The van der Waals surface area contributed by atoms with Crippen molar-refractivity contribution in [3.05, 3.63) is 132 Å². The van der Waals surface area contributed by atoms with Crippen LogP contribution >= 0.6 is 0 Å². The molecule has 0 saturated carbocycles. The summed E-state index contributed by atoms with van der Waals surface area (Å²) in [6, 6.07) is 35.8. The first-order valence-corrected chi connectivity index (χ1v) is 17.3. The minimum absolute atomic E-state index is 0. The van der Waals surface area contributed by atoms with E-state index >= 15 is 0 Å². The summed E-state index contributed by atoms with van der Waals surface area (Å²) in [6.07, 6.45) is 7.86. The average Bonchev–Trinajstić information content (AvgIpc) is 3.48. The first-order chi connectivity index (χ1) is 23.0. The van der Waals surface area contributed by atoms with Gasteiger partial charge in [-0.1, -0.05) is 110 Å². The fourth-order valence-electron chi connectivity index (χ4n) is 7.36. The smallest absolute Gasteiger partial charge is 0.523 e. The summed E-state index contributed by atoms with van der Waals surface area (Å²) < 4.78 is 11.3. The molecule has 0 bridgehead atoms. The van der Waals surface area contributed by atoms with Gasteiger partial charge in [0, 0.05) is 11.9 Å². The molecular weight excluding hydrogens is 779 g/mol. The van der Waals surface area contributed by atoms with E-state index in [0.29, 0.717) is 11.8 Å². The monoisotopic (exact) mass is 824 g/mol. The molecule has 4 aromatic carbocycles. The second kappa shape index (κ2) is 13.3. The Labute approximate surface area is 305 Å². The molecule has 250 valence electrons. The van der Waals surface area contributed by atoms with Crippen molar-refractivity contribution in [3.63, 3.8) is 0 Å². The Bertz CT molecular complexity index is 2050. The van der Waals surface area contributed by atoms with Crippen LogP contribution in [0.2, 0.25) is 0 Å². The number of pyridine rings is 1. The summed E-state index contributed by atoms with van der Waals surface area (Å²) in [7, 11) is 0. The van der Waals surface area contributed by atoms with Crippen LogP contribution in [0.1, 0.15) is 102 Å². The SMILES string of the molecule is CC(C)c1cccc(C(C)C)c1-n1[c-][n+]2c3c(cccc31)Oc1c-2[c-]cc2c1C(C)(C)CCC2(C)C.[Ir+3].[c-]1ccccc1-c1ccccn1. The number of rotatable bonds is 4.